The third-order valence-corrected chi connectivity index (χ3v) is 7.93. The van der Waals surface area contributed by atoms with Crippen LogP contribution in [0.1, 0.15) is 25.7 Å². The van der Waals surface area contributed by atoms with Crippen LogP contribution >= 0.6 is 11.3 Å². The molecule has 0 unspecified atom stereocenters. The van der Waals surface area contributed by atoms with Crippen LogP contribution in [0.25, 0.3) is 11.3 Å². The molecule has 1 aliphatic rings. The number of carbonyl (C=O) groups is 1. The van der Waals surface area contributed by atoms with Gasteiger partial charge in [0.1, 0.15) is 0 Å². The smallest absolute Gasteiger partial charge is 0.404 e. The van der Waals surface area contributed by atoms with E-state index in [1.54, 1.807) is 42.6 Å². The van der Waals surface area contributed by atoms with E-state index in [2.05, 4.69) is 15.6 Å². The van der Waals surface area contributed by atoms with E-state index in [4.69, 9.17) is 5.11 Å². The van der Waals surface area contributed by atoms with Crippen LogP contribution in [0.3, 0.4) is 0 Å². The zero-order valence-electron chi connectivity index (χ0n) is 16.8. The number of anilines is 1. The van der Waals surface area contributed by atoms with Crippen LogP contribution in [0.5, 0.6) is 0 Å². The summed E-state index contributed by atoms with van der Waals surface area (Å²) >= 11 is 1.50. The molecule has 3 aromatic rings. The van der Waals surface area contributed by atoms with Crippen LogP contribution in [-0.4, -0.2) is 41.2 Å². The van der Waals surface area contributed by atoms with E-state index in [0.717, 1.165) is 42.1 Å². The molecular weight excluding hydrogens is 436 g/mol. The molecule has 10 heteroatoms. The van der Waals surface area contributed by atoms with Crippen LogP contribution in [0.2, 0.25) is 0 Å². The van der Waals surface area contributed by atoms with Gasteiger partial charge in [-0.2, -0.15) is 0 Å². The minimum atomic E-state index is -3.62. The highest BCUT2D eigenvalue weighted by molar-refractivity contribution is 7.90. The quantitative estimate of drug-likeness (QED) is 0.489. The van der Waals surface area contributed by atoms with Crippen molar-refractivity contribution < 1.29 is 18.3 Å². The molecule has 4 rings (SSSR count). The normalized spacial score (nSPS) is 19.1. The molecule has 1 aliphatic carbocycles. The second-order valence-corrected chi connectivity index (χ2v) is 10.3. The average molecular weight is 461 g/mol. The summed E-state index contributed by atoms with van der Waals surface area (Å²) in [6.45, 7) is 0.506. The number of amides is 1. The van der Waals surface area contributed by atoms with Crippen molar-refractivity contribution in [2.24, 2.45) is 5.92 Å². The number of aromatic nitrogens is 2. The maximum Gasteiger partial charge on any atom is 0.404 e. The Bertz CT molecular complexity index is 1130. The van der Waals surface area contributed by atoms with Gasteiger partial charge in [0.2, 0.25) is 0 Å². The minimum Gasteiger partial charge on any atom is -0.465 e. The molecule has 2 aromatic heterocycles. The van der Waals surface area contributed by atoms with Crippen molar-refractivity contribution in [1.29, 1.82) is 0 Å². The Morgan fingerprint density at radius 1 is 1.16 bits per heavy atom. The van der Waals surface area contributed by atoms with Crippen LogP contribution in [0, 0.1) is 5.92 Å². The van der Waals surface area contributed by atoms with Gasteiger partial charge in [0.25, 0.3) is 10.0 Å². The van der Waals surface area contributed by atoms with E-state index < -0.39 is 16.1 Å². The van der Waals surface area contributed by atoms with Gasteiger partial charge in [0.15, 0.2) is 5.13 Å². The second-order valence-electron chi connectivity index (χ2n) is 7.63. The zero-order valence-corrected chi connectivity index (χ0v) is 18.4. The van der Waals surface area contributed by atoms with E-state index >= 15 is 0 Å². The molecule has 0 saturated heterocycles. The summed E-state index contributed by atoms with van der Waals surface area (Å²) in [5, 5.41) is 17.4. The molecule has 31 heavy (non-hydrogen) atoms. The van der Waals surface area contributed by atoms with Crippen molar-refractivity contribution in [2.45, 2.75) is 36.6 Å². The van der Waals surface area contributed by atoms with Crippen molar-refractivity contribution in [2.75, 3.05) is 11.9 Å². The maximum absolute atomic E-state index is 12.8. The van der Waals surface area contributed by atoms with Crippen molar-refractivity contribution in [3.63, 3.8) is 0 Å². The Labute approximate surface area is 185 Å². The predicted octanol–water partition coefficient (Wildman–Crippen LogP) is 4.09. The lowest BCUT2D eigenvalue weighted by Crippen LogP contribution is -2.33. The highest BCUT2D eigenvalue weighted by Gasteiger charge is 2.22. The highest BCUT2D eigenvalue weighted by atomic mass is 32.2. The van der Waals surface area contributed by atoms with Crippen LogP contribution in [-0.2, 0) is 10.0 Å². The van der Waals surface area contributed by atoms with Crippen LogP contribution in [0.4, 0.5) is 9.93 Å². The first-order valence-corrected chi connectivity index (χ1v) is 12.4. The Hall–Kier alpha value is -2.85. The summed E-state index contributed by atoms with van der Waals surface area (Å²) in [5.74, 6) is 0.382. The van der Waals surface area contributed by atoms with Crippen LogP contribution in [0.15, 0.2) is 59.1 Å². The summed E-state index contributed by atoms with van der Waals surface area (Å²) in [5.41, 5.74) is 1.47. The predicted molar refractivity (Wildman–Crippen MR) is 120 cm³/mol. The van der Waals surface area contributed by atoms with Crippen molar-refractivity contribution in [1.82, 2.24) is 14.3 Å². The molecule has 2 heterocycles. The molecule has 0 spiro atoms. The highest BCUT2D eigenvalue weighted by Crippen LogP contribution is 2.30. The standard InChI is InChI=1S/C21H24N4O4S2/c26-21(27)22-12-15-6-8-17(9-7-15)23-20-24-19(14-30-20)16-10-11-25(13-16)31(28,29)18-4-2-1-3-5-18/h1-5,10-11,13-15,17,22H,6-9,12H2,(H,23,24)(H,26,27). The molecule has 3 N–H and O–H groups in total. The number of hydrogen-bond donors (Lipinski definition) is 3. The molecule has 0 bridgehead atoms. The van der Waals surface area contributed by atoms with Crippen LogP contribution < -0.4 is 10.6 Å². The molecule has 164 valence electrons. The number of nitrogens with zero attached hydrogens (tertiary/aromatic N) is 2. The number of thiazole rings is 1. The van der Waals surface area contributed by atoms with Crippen molar-refractivity contribution in [3.8, 4) is 11.3 Å². The van der Waals surface area contributed by atoms with Gasteiger partial charge in [0.05, 0.1) is 10.6 Å². The molecule has 0 aliphatic heterocycles. The lowest BCUT2D eigenvalue weighted by atomic mass is 9.86. The minimum absolute atomic E-state index is 0.243. The van der Waals surface area contributed by atoms with Crippen molar-refractivity contribution in [3.05, 3.63) is 54.2 Å². The number of hydrogen-bond acceptors (Lipinski definition) is 6. The first-order valence-electron chi connectivity index (χ1n) is 10.1. The topological polar surface area (TPSA) is 113 Å². The molecule has 8 nitrogen and oxygen atoms in total. The molecule has 0 radical (unpaired) electrons. The number of rotatable bonds is 7. The fraction of sp³-hybridized carbons (Fsp3) is 0.333. The first kappa shape index (κ1) is 21.4. The van der Waals surface area contributed by atoms with E-state index in [0.29, 0.717) is 18.5 Å². The molecule has 1 fully saturated rings. The molecule has 1 aromatic carbocycles. The Morgan fingerprint density at radius 3 is 2.61 bits per heavy atom. The Morgan fingerprint density at radius 2 is 1.90 bits per heavy atom. The van der Waals surface area contributed by atoms with Gasteiger partial charge in [-0.25, -0.2) is 22.2 Å². The summed E-state index contributed by atoms with van der Waals surface area (Å²) in [7, 11) is -3.62. The summed E-state index contributed by atoms with van der Waals surface area (Å²) in [4.78, 5) is 15.5. The van der Waals surface area contributed by atoms with Gasteiger partial charge in [-0.3, -0.25) is 0 Å². The zero-order chi connectivity index (χ0) is 21.8. The largest absolute Gasteiger partial charge is 0.465 e. The summed E-state index contributed by atoms with van der Waals surface area (Å²) in [6, 6.07) is 10.4. The third-order valence-electron chi connectivity index (χ3n) is 5.50. The first-order chi connectivity index (χ1) is 14.9. The number of nitrogens with one attached hydrogen (secondary N) is 2. The summed E-state index contributed by atoms with van der Waals surface area (Å²) in [6.07, 6.45) is 6.02. The Balaban J connectivity index is 1.37. The monoisotopic (exact) mass is 460 g/mol. The third kappa shape index (κ3) is 5.08. The number of carboxylic acid groups (broad SMARTS) is 1. The van der Waals surface area contributed by atoms with E-state index in [1.165, 1.54) is 21.5 Å². The van der Waals surface area contributed by atoms with Crippen molar-refractivity contribution >= 4 is 32.6 Å². The van der Waals surface area contributed by atoms with Gasteiger partial charge in [-0.1, -0.05) is 18.2 Å². The van der Waals surface area contributed by atoms with Gasteiger partial charge in [-0.15, -0.1) is 11.3 Å². The number of benzene rings is 1. The van der Waals surface area contributed by atoms with E-state index in [9.17, 15) is 13.2 Å². The maximum atomic E-state index is 12.8. The lowest BCUT2D eigenvalue weighted by Gasteiger charge is -2.28. The second kappa shape index (κ2) is 9.11. The average Bonchev–Trinajstić information content (AvgIpc) is 3.44. The van der Waals surface area contributed by atoms with Gasteiger partial charge < -0.3 is 15.7 Å². The van der Waals surface area contributed by atoms with E-state index in [1.807, 2.05) is 5.38 Å². The van der Waals surface area contributed by atoms with E-state index in [-0.39, 0.29) is 4.90 Å². The summed E-state index contributed by atoms with van der Waals surface area (Å²) < 4.78 is 26.7. The fourth-order valence-corrected chi connectivity index (χ4v) is 5.80. The van der Waals surface area contributed by atoms with Gasteiger partial charge >= 0.3 is 6.09 Å². The Kier molecular flexibility index (Phi) is 6.28. The lowest BCUT2D eigenvalue weighted by molar-refractivity contribution is 0.190. The fourth-order valence-electron chi connectivity index (χ4n) is 3.78. The van der Waals surface area contributed by atoms with Gasteiger partial charge in [-0.05, 0) is 49.8 Å². The molecule has 1 amide bonds. The molecule has 0 atom stereocenters. The van der Waals surface area contributed by atoms with Gasteiger partial charge in [0, 0.05) is 35.9 Å². The molecular formula is C21H24N4O4S2. The SMILES string of the molecule is O=C(O)NCC1CCC(Nc2nc(-c3ccn(S(=O)(=O)c4ccccc4)c3)cs2)CC1. The molecule has 1 saturated carbocycles.